The summed E-state index contributed by atoms with van der Waals surface area (Å²) in [7, 11) is -3.05. The van der Waals surface area contributed by atoms with E-state index < -0.39 is 57.4 Å². The van der Waals surface area contributed by atoms with Crippen molar-refractivity contribution in [1.82, 2.24) is 19.5 Å². The van der Waals surface area contributed by atoms with Gasteiger partial charge in [-0.3, -0.25) is 24.2 Å². The molecule has 1 N–H and O–H groups in total. The number of nitrogens with zero attached hydrogens (tertiary/aromatic N) is 3. The van der Waals surface area contributed by atoms with Gasteiger partial charge in [0, 0.05) is 29.4 Å². The van der Waals surface area contributed by atoms with Crippen molar-refractivity contribution in [1.29, 1.82) is 0 Å². The highest BCUT2D eigenvalue weighted by molar-refractivity contribution is 8.04. The second kappa shape index (κ2) is 11.4. The van der Waals surface area contributed by atoms with Gasteiger partial charge in [-0.25, -0.2) is 8.42 Å². The zero-order valence-corrected chi connectivity index (χ0v) is 24.5. The first kappa shape index (κ1) is 28.7. The number of pyridine rings is 1. The number of benzene rings is 1. The predicted molar refractivity (Wildman–Crippen MR) is 155 cm³/mol. The van der Waals surface area contributed by atoms with Crippen LogP contribution in [0.3, 0.4) is 0 Å². The van der Waals surface area contributed by atoms with Gasteiger partial charge < -0.3 is 19.4 Å². The molecule has 4 aromatic rings. The van der Waals surface area contributed by atoms with Crippen molar-refractivity contribution in [3.63, 3.8) is 0 Å². The highest BCUT2D eigenvalue weighted by Crippen LogP contribution is 2.33. The fourth-order valence-electron chi connectivity index (χ4n) is 5.58. The van der Waals surface area contributed by atoms with Crippen LogP contribution in [0, 0.1) is 0 Å². The van der Waals surface area contributed by atoms with Gasteiger partial charge in [0.15, 0.2) is 11.5 Å². The number of amides is 2. The van der Waals surface area contributed by atoms with Crippen molar-refractivity contribution in [3.8, 4) is 5.75 Å². The highest BCUT2D eigenvalue weighted by Gasteiger charge is 2.55. The van der Waals surface area contributed by atoms with Gasteiger partial charge in [-0.2, -0.15) is 4.31 Å². The molecule has 2 aliphatic heterocycles. The average molecular weight is 623 g/mol. The highest BCUT2D eigenvalue weighted by atomic mass is 32.2. The lowest BCUT2D eigenvalue weighted by Crippen LogP contribution is -2.53. The molecular formula is C29H26N4O8S2. The fourth-order valence-corrected chi connectivity index (χ4v) is 7.81. The summed E-state index contributed by atoms with van der Waals surface area (Å²) in [6.45, 7) is -0.463. The maximum Gasteiger partial charge on any atom is 0.310 e. The van der Waals surface area contributed by atoms with Crippen LogP contribution in [0.15, 0.2) is 70.6 Å². The quantitative estimate of drug-likeness (QED) is 0.311. The van der Waals surface area contributed by atoms with E-state index in [1.807, 2.05) is 17.5 Å². The van der Waals surface area contributed by atoms with Crippen molar-refractivity contribution in [2.45, 2.75) is 31.0 Å². The Balaban J connectivity index is 1.24. The minimum Gasteiger partial charge on any atom is -0.497 e. The normalized spacial score (nSPS) is 19.4. The van der Waals surface area contributed by atoms with E-state index in [-0.39, 0.29) is 30.8 Å². The third kappa shape index (κ3) is 5.32. The molecule has 2 saturated heterocycles. The Labute approximate surface area is 250 Å². The van der Waals surface area contributed by atoms with Crippen LogP contribution in [0.25, 0.3) is 11.0 Å². The zero-order chi connectivity index (χ0) is 30.3. The minimum atomic E-state index is -4.58. The zero-order valence-electron chi connectivity index (χ0n) is 22.8. The van der Waals surface area contributed by atoms with Crippen LogP contribution in [0.5, 0.6) is 5.75 Å². The molecule has 0 spiro atoms. The molecule has 222 valence electrons. The van der Waals surface area contributed by atoms with E-state index in [1.54, 1.807) is 30.3 Å². The van der Waals surface area contributed by atoms with Gasteiger partial charge in [0.2, 0.25) is 5.91 Å². The summed E-state index contributed by atoms with van der Waals surface area (Å²) in [6, 6.07) is 11.6. The lowest BCUT2D eigenvalue weighted by Gasteiger charge is -2.28. The monoisotopic (exact) mass is 622 g/mol. The number of carbonyl (C=O) groups excluding carboxylic acids is 4. The third-order valence-corrected chi connectivity index (χ3v) is 10.2. The molecule has 43 heavy (non-hydrogen) atoms. The van der Waals surface area contributed by atoms with Crippen molar-refractivity contribution >= 4 is 55.0 Å². The molecule has 0 bridgehead atoms. The number of carbonyl (C=O) groups is 4. The van der Waals surface area contributed by atoms with Crippen LogP contribution in [-0.4, -0.2) is 83.6 Å². The van der Waals surface area contributed by atoms with E-state index >= 15 is 0 Å². The molecule has 2 aliphatic rings. The number of likely N-dealkylation sites (tertiary alicyclic amines) is 1. The average Bonchev–Trinajstić information content (AvgIpc) is 3.82. The number of sulfonamides is 1. The number of Topliss-reactive ketones (excluding diaryl/α,β-unsaturated/α-hetero) is 1. The van der Waals surface area contributed by atoms with Gasteiger partial charge in [-0.15, -0.1) is 11.3 Å². The number of methoxy groups -OCH3 is 1. The molecule has 3 atom stereocenters. The van der Waals surface area contributed by atoms with E-state index in [2.05, 4.69) is 10.3 Å². The van der Waals surface area contributed by atoms with Gasteiger partial charge in [-0.1, -0.05) is 12.1 Å². The Morgan fingerprint density at radius 1 is 1.16 bits per heavy atom. The topological polar surface area (TPSA) is 156 Å². The number of hydrogen-bond donors (Lipinski definition) is 1. The molecular weight excluding hydrogens is 596 g/mol. The van der Waals surface area contributed by atoms with Gasteiger partial charge >= 0.3 is 5.12 Å². The van der Waals surface area contributed by atoms with E-state index in [9.17, 15) is 27.6 Å². The smallest absolute Gasteiger partial charge is 0.310 e. The Hall–Kier alpha value is -4.40. The van der Waals surface area contributed by atoms with Crippen molar-refractivity contribution in [2.24, 2.45) is 0 Å². The van der Waals surface area contributed by atoms with Crippen LogP contribution >= 0.6 is 11.3 Å². The fraction of sp³-hybridized carbons (Fsp3) is 0.276. The lowest BCUT2D eigenvalue weighted by atomic mass is 10.1. The molecule has 2 amide bonds. The predicted octanol–water partition coefficient (Wildman–Crippen LogP) is 2.26. The molecule has 14 heteroatoms. The molecule has 6 rings (SSSR count). The lowest BCUT2D eigenvalue weighted by molar-refractivity contribution is -0.138. The van der Waals surface area contributed by atoms with Crippen LogP contribution < -0.4 is 10.1 Å². The summed E-state index contributed by atoms with van der Waals surface area (Å²) < 4.78 is 38.4. The van der Waals surface area contributed by atoms with Crippen LogP contribution in [0.4, 0.5) is 0 Å². The summed E-state index contributed by atoms with van der Waals surface area (Å²) in [4.78, 5) is 59.3. The van der Waals surface area contributed by atoms with Gasteiger partial charge in [0.05, 0.1) is 19.7 Å². The minimum absolute atomic E-state index is 0.00576. The molecule has 5 heterocycles. The Morgan fingerprint density at radius 3 is 2.72 bits per heavy atom. The number of aromatic nitrogens is 1. The van der Waals surface area contributed by atoms with Gasteiger partial charge in [0.25, 0.3) is 15.9 Å². The molecule has 2 fully saturated rings. The number of hydrogen-bond acceptors (Lipinski definition) is 10. The number of fused-ring (bicyclic) bond motifs is 2. The van der Waals surface area contributed by atoms with Crippen molar-refractivity contribution in [3.05, 3.63) is 82.5 Å². The first-order chi connectivity index (χ1) is 20.7. The van der Waals surface area contributed by atoms with E-state index in [0.717, 1.165) is 9.18 Å². The van der Waals surface area contributed by atoms with Crippen LogP contribution in [0.1, 0.15) is 32.3 Å². The van der Waals surface area contributed by atoms with E-state index in [1.165, 1.54) is 41.7 Å². The molecule has 0 radical (unpaired) electrons. The Morgan fingerprint density at radius 2 is 2.00 bits per heavy atom. The number of furan rings is 1. The molecule has 3 unspecified atom stereocenters. The Bertz CT molecular complexity index is 1820. The molecule has 0 aliphatic carbocycles. The molecule has 12 nitrogen and oxygen atoms in total. The van der Waals surface area contributed by atoms with Gasteiger partial charge in [-0.05, 0) is 54.3 Å². The van der Waals surface area contributed by atoms with Crippen molar-refractivity contribution in [2.75, 3.05) is 20.2 Å². The number of thiophene rings is 1. The van der Waals surface area contributed by atoms with E-state index in [0.29, 0.717) is 16.7 Å². The largest absolute Gasteiger partial charge is 0.497 e. The second-order valence-electron chi connectivity index (χ2n) is 10.2. The number of nitrogens with one attached hydrogen (secondary N) is 1. The SMILES string of the molecule is COc1ccc2oc(C(=O)NC(Cc3cccs3)C(=O)N3CCC4C3C(=O)CN4S(=O)(=O)C(=O)c3ccccn3)cc2c1. The summed E-state index contributed by atoms with van der Waals surface area (Å²) in [5.41, 5.74) is 0.208. The number of ketones is 1. The van der Waals surface area contributed by atoms with Crippen LogP contribution in [0.2, 0.25) is 0 Å². The Kier molecular flexibility index (Phi) is 7.58. The van der Waals surface area contributed by atoms with Gasteiger partial charge in [0.1, 0.15) is 29.1 Å². The summed E-state index contributed by atoms with van der Waals surface area (Å²) in [5.74, 6) is -1.07. The number of ether oxygens (including phenoxy) is 1. The number of rotatable bonds is 8. The summed E-state index contributed by atoms with van der Waals surface area (Å²) in [5, 5.41) is 4.04. The first-order valence-electron chi connectivity index (χ1n) is 13.4. The first-order valence-corrected chi connectivity index (χ1v) is 15.7. The standard InChI is InChI=1S/C29H26N4O8S2/c1-40-18-7-8-24-17(13-18)14-25(41-24)27(35)31-21(15-19-5-4-12-42-19)28(36)32-11-9-22-26(32)23(34)16-33(22)43(38,39)29(37)20-6-2-3-10-30-20/h2-8,10,12-14,21-22,26H,9,11,15-16H2,1H3,(H,31,35). The third-order valence-electron chi connectivity index (χ3n) is 7.61. The van der Waals surface area contributed by atoms with E-state index in [4.69, 9.17) is 9.15 Å². The second-order valence-corrected chi connectivity index (χ2v) is 13.0. The molecule has 1 aromatic carbocycles. The summed E-state index contributed by atoms with van der Waals surface area (Å²) >= 11 is 1.41. The maximum absolute atomic E-state index is 14.0. The van der Waals surface area contributed by atoms with Crippen molar-refractivity contribution < 1.29 is 36.7 Å². The summed E-state index contributed by atoms with van der Waals surface area (Å²) in [6.07, 6.45) is 1.61. The maximum atomic E-state index is 14.0. The van der Waals surface area contributed by atoms with Crippen LogP contribution in [-0.2, 0) is 26.0 Å². The molecule has 3 aromatic heterocycles. The molecule has 0 saturated carbocycles.